The van der Waals surface area contributed by atoms with Crippen molar-refractivity contribution in [2.75, 3.05) is 25.0 Å². The van der Waals surface area contributed by atoms with E-state index in [-0.39, 0.29) is 27.9 Å². The Balaban J connectivity index is 1.48. The molecule has 190 valence electrons. The molecule has 36 heavy (non-hydrogen) atoms. The van der Waals surface area contributed by atoms with Crippen LogP contribution in [0.3, 0.4) is 0 Å². The largest absolute Gasteiger partial charge is 0.492 e. The minimum atomic E-state index is -3.84. The maximum atomic E-state index is 13.3. The summed E-state index contributed by atoms with van der Waals surface area (Å²) in [7, 11) is -3.84. The van der Waals surface area contributed by atoms with Gasteiger partial charge < -0.3 is 15.0 Å². The van der Waals surface area contributed by atoms with Crippen molar-refractivity contribution in [3.8, 4) is 17.1 Å². The van der Waals surface area contributed by atoms with E-state index in [1.54, 1.807) is 31.2 Å². The second-order valence-electron chi connectivity index (χ2n) is 8.53. The predicted molar refractivity (Wildman–Crippen MR) is 138 cm³/mol. The van der Waals surface area contributed by atoms with Gasteiger partial charge in [-0.2, -0.15) is 4.31 Å². The molecule has 0 radical (unpaired) electrons. The van der Waals surface area contributed by atoms with Crippen molar-refractivity contribution in [3.05, 3.63) is 69.6 Å². The number of sulfonamides is 1. The molecule has 0 aliphatic carbocycles. The number of amides is 1. The molecule has 9 nitrogen and oxygen atoms in total. The van der Waals surface area contributed by atoms with Gasteiger partial charge in [0.15, 0.2) is 0 Å². The number of carbonyl (C=O) groups is 1. The summed E-state index contributed by atoms with van der Waals surface area (Å²) in [5, 5.41) is 3.09. The third kappa shape index (κ3) is 5.77. The molecule has 1 aliphatic rings. The van der Waals surface area contributed by atoms with Gasteiger partial charge in [-0.25, -0.2) is 13.4 Å². The number of rotatable bonds is 7. The van der Waals surface area contributed by atoms with Gasteiger partial charge in [0.05, 0.1) is 22.4 Å². The Labute approximate surface area is 214 Å². The number of nitrogens with zero attached hydrogens (tertiary/aromatic N) is 2. The highest BCUT2D eigenvalue weighted by molar-refractivity contribution is 7.89. The van der Waals surface area contributed by atoms with Gasteiger partial charge in [0.2, 0.25) is 15.9 Å². The molecular weight excluding hydrogens is 504 g/mol. The fourth-order valence-corrected chi connectivity index (χ4v) is 5.99. The lowest BCUT2D eigenvalue weighted by Crippen LogP contribution is -2.43. The van der Waals surface area contributed by atoms with Crippen LogP contribution in [-0.4, -0.2) is 48.3 Å². The standard InChI is InChI=1S/C25H27ClN4O5S/c1-3-35-22-10-9-20(14-21(22)26)36(33,34)30-11-5-7-18(15-30)25(32)28-19-8-4-6-17(13-19)24-27-16(2)12-23(31)29-24/h4,6,8-10,12-14,18H,3,5,7,11,15H2,1-2H3,(H,28,32)(H,27,29,31)/t18-/m1/s1. The highest BCUT2D eigenvalue weighted by Gasteiger charge is 2.33. The Morgan fingerprint density at radius 2 is 2.06 bits per heavy atom. The van der Waals surface area contributed by atoms with Crippen LogP contribution in [0.1, 0.15) is 25.5 Å². The lowest BCUT2D eigenvalue weighted by molar-refractivity contribution is -0.120. The van der Waals surface area contributed by atoms with Crippen LogP contribution in [-0.2, 0) is 14.8 Å². The third-order valence-electron chi connectivity index (χ3n) is 5.87. The maximum Gasteiger partial charge on any atom is 0.251 e. The number of H-pyrrole nitrogens is 1. The Kier molecular flexibility index (Phi) is 7.77. The molecule has 1 aliphatic heterocycles. The number of aromatic amines is 1. The number of ether oxygens (including phenoxy) is 1. The van der Waals surface area contributed by atoms with Crippen LogP contribution in [0.5, 0.6) is 5.75 Å². The van der Waals surface area contributed by atoms with Crippen molar-refractivity contribution in [3.63, 3.8) is 0 Å². The summed E-state index contributed by atoms with van der Waals surface area (Å²) in [6.45, 7) is 4.34. The fourth-order valence-electron chi connectivity index (χ4n) is 4.14. The number of hydrogen-bond donors (Lipinski definition) is 2. The first-order chi connectivity index (χ1) is 17.2. The smallest absolute Gasteiger partial charge is 0.251 e. The molecule has 1 atom stereocenters. The lowest BCUT2D eigenvalue weighted by Gasteiger charge is -2.31. The highest BCUT2D eigenvalue weighted by atomic mass is 35.5. The summed E-state index contributed by atoms with van der Waals surface area (Å²) in [4.78, 5) is 32.0. The Bertz CT molecular complexity index is 1440. The number of halogens is 1. The first kappa shape index (κ1) is 25.9. The molecule has 0 spiro atoms. The Morgan fingerprint density at radius 3 is 2.78 bits per heavy atom. The van der Waals surface area contributed by atoms with Gasteiger partial charge in [0.1, 0.15) is 11.6 Å². The van der Waals surface area contributed by atoms with Crippen molar-refractivity contribution in [1.29, 1.82) is 0 Å². The number of benzene rings is 2. The molecule has 1 amide bonds. The number of carbonyl (C=O) groups excluding carboxylic acids is 1. The van der Waals surface area contributed by atoms with Gasteiger partial charge in [-0.05, 0) is 57.0 Å². The molecule has 4 rings (SSSR count). The van der Waals surface area contributed by atoms with Gasteiger partial charge in [-0.3, -0.25) is 9.59 Å². The summed E-state index contributed by atoms with van der Waals surface area (Å²) in [6.07, 6.45) is 1.12. The van der Waals surface area contributed by atoms with Crippen LogP contribution in [0.15, 0.2) is 58.2 Å². The van der Waals surface area contributed by atoms with Gasteiger partial charge >= 0.3 is 0 Å². The van der Waals surface area contributed by atoms with Crippen LogP contribution < -0.4 is 15.6 Å². The summed E-state index contributed by atoms with van der Waals surface area (Å²) in [5.41, 5.74) is 1.50. The Morgan fingerprint density at radius 1 is 1.25 bits per heavy atom. The van der Waals surface area contributed by atoms with Crippen molar-refractivity contribution < 1.29 is 17.9 Å². The molecule has 0 saturated carbocycles. The number of aryl methyl sites for hydroxylation is 1. The predicted octanol–water partition coefficient (Wildman–Crippen LogP) is 3.84. The van der Waals surface area contributed by atoms with E-state index in [0.717, 1.165) is 0 Å². The monoisotopic (exact) mass is 530 g/mol. The van der Waals surface area contributed by atoms with Crippen LogP contribution >= 0.6 is 11.6 Å². The van der Waals surface area contributed by atoms with Gasteiger partial charge in [-0.1, -0.05) is 23.7 Å². The quantitative estimate of drug-likeness (QED) is 0.478. The maximum absolute atomic E-state index is 13.3. The fraction of sp³-hybridized carbons (Fsp3) is 0.320. The second kappa shape index (κ2) is 10.8. The molecular formula is C25H27ClN4O5S. The lowest BCUT2D eigenvalue weighted by atomic mass is 9.98. The number of nitrogens with one attached hydrogen (secondary N) is 2. The van der Waals surface area contributed by atoms with E-state index >= 15 is 0 Å². The van der Waals surface area contributed by atoms with Crippen molar-refractivity contribution in [2.45, 2.75) is 31.6 Å². The van der Waals surface area contributed by atoms with E-state index in [0.29, 0.717) is 54.5 Å². The second-order valence-corrected chi connectivity index (χ2v) is 10.9. The van der Waals surface area contributed by atoms with E-state index in [1.165, 1.54) is 28.6 Å². The van der Waals surface area contributed by atoms with E-state index in [4.69, 9.17) is 16.3 Å². The van der Waals surface area contributed by atoms with Crippen LogP contribution in [0.2, 0.25) is 5.02 Å². The zero-order valence-corrected chi connectivity index (χ0v) is 21.5. The van der Waals surface area contributed by atoms with Crippen LogP contribution in [0.25, 0.3) is 11.4 Å². The molecule has 1 saturated heterocycles. The average Bonchev–Trinajstić information content (AvgIpc) is 2.85. The molecule has 11 heteroatoms. The molecule has 2 aromatic carbocycles. The van der Waals surface area contributed by atoms with E-state index in [9.17, 15) is 18.0 Å². The minimum Gasteiger partial charge on any atom is -0.492 e. The number of piperidine rings is 1. The minimum absolute atomic E-state index is 0.0596. The van der Waals surface area contributed by atoms with Crippen LogP contribution in [0.4, 0.5) is 5.69 Å². The van der Waals surface area contributed by atoms with Crippen molar-refractivity contribution in [2.24, 2.45) is 5.92 Å². The highest BCUT2D eigenvalue weighted by Crippen LogP contribution is 2.31. The first-order valence-corrected chi connectivity index (χ1v) is 13.4. The summed E-state index contributed by atoms with van der Waals surface area (Å²) in [5.74, 6) is 0.0240. The summed E-state index contributed by atoms with van der Waals surface area (Å²) < 4.78 is 33.2. The summed E-state index contributed by atoms with van der Waals surface area (Å²) in [6, 6.07) is 12.8. The number of anilines is 1. The van der Waals surface area contributed by atoms with Crippen molar-refractivity contribution >= 4 is 33.2 Å². The summed E-state index contributed by atoms with van der Waals surface area (Å²) >= 11 is 6.20. The molecule has 0 unspecified atom stereocenters. The topological polar surface area (TPSA) is 121 Å². The number of aromatic nitrogens is 2. The number of hydrogen-bond acceptors (Lipinski definition) is 6. The molecule has 2 N–H and O–H groups in total. The van der Waals surface area contributed by atoms with Gasteiger partial charge in [0, 0.05) is 36.1 Å². The van der Waals surface area contributed by atoms with E-state index in [2.05, 4.69) is 15.3 Å². The zero-order chi connectivity index (χ0) is 25.9. The van der Waals surface area contributed by atoms with Gasteiger partial charge in [-0.15, -0.1) is 0 Å². The van der Waals surface area contributed by atoms with Crippen molar-refractivity contribution in [1.82, 2.24) is 14.3 Å². The molecule has 1 fully saturated rings. The molecule has 3 aromatic rings. The van der Waals surface area contributed by atoms with Crippen LogP contribution in [0, 0.1) is 12.8 Å². The third-order valence-corrected chi connectivity index (χ3v) is 8.03. The average molecular weight is 531 g/mol. The van der Waals surface area contributed by atoms with E-state index in [1.807, 2.05) is 6.92 Å². The molecule has 1 aromatic heterocycles. The first-order valence-electron chi connectivity index (χ1n) is 11.6. The Hall–Kier alpha value is -3.21. The normalized spacial score (nSPS) is 16.5. The van der Waals surface area contributed by atoms with Gasteiger partial charge in [0.25, 0.3) is 5.56 Å². The van der Waals surface area contributed by atoms with E-state index < -0.39 is 15.9 Å². The molecule has 2 heterocycles. The molecule has 0 bridgehead atoms. The SMILES string of the molecule is CCOc1ccc(S(=O)(=O)N2CCC[C@@H](C(=O)Nc3cccc(-c4nc(C)cc(=O)[nH]4)c3)C2)cc1Cl. The zero-order valence-electron chi connectivity index (χ0n) is 20.0.